The molecule has 0 spiro atoms. The van der Waals surface area contributed by atoms with Crippen LogP contribution < -0.4 is 10.6 Å². The van der Waals surface area contributed by atoms with E-state index in [0.717, 1.165) is 0 Å². The SMILES string of the molecule is CCO[Si](CCCNC(=O)OCC(COCC1CO1)(COCC1CO1)COC(=O)NCCC[Si](OC)(OC)OC)(OCC)OCC. The van der Waals surface area contributed by atoms with Crippen molar-refractivity contribution in [2.45, 2.75) is 57.9 Å². The Labute approximate surface area is 275 Å². The van der Waals surface area contributed by atoms with Crippen molar-refractivity contribution in [1.29, 1.82) is 0 Å². The second kappa shape index (κ2) is 22.3. The summed E-state index contributed by atoms with van der Waals surface area (Å²) in [6, 6.07) is 1.07. The first-order chi connectivity index (χ1) is 22.2. The molecule has 0 aliphatic carbocycles. The third-order valence-electron chi connectivity index (χ3n) is 7.13. The molecule has 270 valence electrons. The molecule has 0 aromatic rings. The molecule has 0 aromatic heterocycles. The van der Waals surface area contributed by atoms with Crippen molar-refractivity contribution < 1.29 is 64.6 Å². The molecule has 0 saturated carbocycles. The molecule has 2 atom stereocenters. The van der Waals surface area contributed by atoms with Gasteiger partial charge in [-0.1, -0.05) is 0 Å². The van der Waals surface area contributed by atoms with E-state index in [4.69, 9.17) is 55.0 Å². The van der Waals surface area contributed by atoms with E-state index in [2.05, 4.69) is 10.6 Å². The Hall–Kier alpha value is -1.43. The normalized spacial score (nSPS) is 18.9. The fourth-order valence-corrected chi connectivity index (χ4v) is 8.81. The zero-order chi connectivity index (χ0) is 33.7. The van der Waals surface area contributed by atoms with Gasteiger partial charge in [0.15, 0.2) is 0 Å². The van der Waals surface area contributed by atoms with Crippen LogP contribution in [0.4, 0.5) is 9.59 Å². The van der Waals surface area contributed by atoms with Crippen LogP contribution in [0.25, 0.3) is 0 Å². The Morgan fingerprint density at radius 3 is 1.41 bits per heavy atom. The van der Waals surface area contributed by atoms with Crippen molar-refractivity contribution in [3.8, 4) is 0 Å². The van der Waals surface area contributed by atoms with Crippen LogP contribution in [-0.2, 0) is 55.0 Å². The van der Waals surface area contributed by atoms with E-state index in [1.54, 1.807) is 0 Å². The largest absolute Gasteiger partial charge is 0.500 e. The predicted molar refractivity (Wildman–Crippen MR) is 169 cm³/mol. The van der Waals surface area contributed by atoms with Gasteiger partial charge in [0, 0.05) is 66.3 Å². The summed E-state index contributed by atoms with van der Waals surface area (Å²) in [7, 11) is -0.952. The zero-order valence-corrected chi connectivity index (χ0v) is 30.4. The maximum absolute atomic E-state index is 12.8. The van der Waals surface area contributed by atoms with Crippen molar-refractivity contribution in [3.05, 3.63) is 0 Å². The van der Waals surface area contributed by atoms with Crippen LogP contribution in [0.3, 0.4) is 0 Å². The summed E-state index contributed by atoms with van der Waals surface area (Å²) in [5.41, 5.74) is -0.982. The van der Waals surface area contributed by atoms with E-state index in [1.807, 2.05) is 20.8 Å². The van der Waals surface area contributed by atoms with Crippen LogP contribution in [0.2, 0.25) is 12.1 Å². The summed E-state index contributed by atoms with van der Waals surface area (Å²) in [6.45, 7) is 9.72. The zero-order valence-electron chi connectivity index (χ0n) is 28.4. The molecular formula is C28H56N2O14Si2. The number of epoxide rings is 2. The van der Waals surface area contributed by atoms with Gasteiger partial charge in [0.1, 0.15) is 25.4 Å². The van der Waals surface area contributed by atoms with Gasteiger partial charge in [-0.2, -0.15) is 0 Å². The predicted octanol–water partition coefficient (Wildman–Crippen LogP) is 1.96. The van der Waals surface area contributed by atoms with Crippen molar-refractivity contribution in [3.63, 3.8) is 0 Å². The Kier molecular flexibility index (Phi) is 19.7. The maximum Gasteiger partial charge on any atom is 0.500 e. The molecule has 2 unspecified atom stereocenters. The number of hydrogen-bond acceptors (Lipinski definition) is 14. The molecular weight excluding hydrogens is 644 g/mol. The molecule has 46 heavy (non-hydrogen) atoms. The molecule has 2 amide bonds. The number of amides is 2. The molecule has 2 N–H and O–H groups in total. The summed E-state index contributed by atoms with van der Waals surface area (Å²) in [4.78, 5) is 25.4. The summed E-state index contributed by atoms with van der Waals surface area (Å²) in [6.07, 6.45) is -0.0699. The molecule has 0 aromatic carbocycles. The summed E-state index contributed by atoms with van der Waals surface area (Å²) in [5, 5.41) is 5.51. The first-order valence-corrected chi connectivity index (χ1v) is 19.9. The minimum atomic E-state index is -2.82. The number of hydrogen-bond donors (Lipinski definition) is 2. The van der Waals surface area contributed by atoms with E-state index in [0.29, 0.717) is 84.3 Å². The van der Waals surface area contributed by atoms with Gasteiger partial charge in [0.2, 0.25) is 0 Å². The first kappa shape index (κ1) is 40.7. The standard InChI is InChI=1S/C28H56N2O14Si2/c1-7-42-46(43-8-2,44-9-3)15-11-13-30-27(32)41-23-28(20-36-16-24-18-38-24,21-37-17-25-19-39-25)22-40-26(31)29-12-10-14-45(33-4,34-5)35-6/h24-25H,7-23H2,1-6H3,(H,29,31)(H,30,32). The highest BCUT2D eigenvalue weighted by molar-refractivity contribution is 6.61. The highest BCUT2D eigenvalue weighted by atomic mass is 28.4. The van der Waals surface area contributed by atoms with Gasteiger partial charge in [-0.15, -0.1) is 0 Å². The molecule has 18 heteroatoms. The fourth-order valence-electron chi connectivity index (χ4n) is 4.48. The second-order valence-corrected chi connectivity index (χ2v) is 16.8. The van der Waals surface area contributed by atoms with Gasteiger partial charge >= 0.3 is 29.8 Å². The lowest BCUT2D eigenvalue weighted by atomic mass is 9.92. The third-order valence-corrected chi connectivity index (χ3v) is 13.1. The van der Waals surface area contributed by atoms with Crippen LogP contribution >= 0.6 is 0 Å². The Morgan fingerprint density at radius 2 is 1.07 bits per heavy atom. The van der Waals surface area contributed by atoms with Crippen molar-refractivity contribution in [2.24, 2.45) is 5.41 Å². The molecule has 16 nitrogen and oxygen atoms in total. The van der Waals surface area contributed by atoms with Crippen LogP contribution in [0, 0.1) is 5.41 Å². The van der Waals surface area contributed by atoms with E-state index < -0.39 is 35.2 Å². The number of carbonyl (C=O) groups excluding carboxylic acids is 2. The minimum Gasteiger partial charge on any atom is -0.449 e. The Morgan fingerprint density at radius 1 is 0.674 bits per heavy atom. The average molecular weight is 701 g/mol. The van der Waals surface area contributed by atoms with E-state index in [1.165, 1.54) is 21.3 Å². The van der Waals surface area contributed by atoms with Crippen molar-refractivity contribution in [1.82, 2.24) is 10.6 Å². The Bertz CT molecular complexity index is 806. The van der Waals surface area contributed by atoms with Gasteiger partial charge in [0.25, 0.3) is 0 Å². The van der Waals surface area contributed by atoms with Crippen molar-refractivity contribution in [2.75, 3.05) is 107 Å². The second-order valence-electron chi connectivity index (χ2n) is 10.9. The number of rotatable bonds is 29. The third kappa shape index (κ3) is 16.1. The molecule has 2 rings (SSSR count). The maximum atomic E-state index is 12.8. The summed E-state index contributed by atoms with van der Waals surface area (Å²) < 4.78 is 67.4. The van der Waals surface area contributed by atoms with Crippen LogP contribution in [0.5, 0.6) is 0 Å². The lowest BCUT2D eigenvalue weighted by molar-refractivity contribution is -0.0836. The van der Waals surface area contributed by atoms with Gasteiger partial charge in [0.05, 0.1) is 45.1 Å². The monoisotopic (exact) mass is 700 g/mol. The molecule has 0 bridgehead atoms. The van der Waals surface area contributed by atoms with Gasteiger partial charge in [-0.25, -0.2) is 9.59 Å². The fraction of sp³-hybridized carbons (Fsp3) is 0.929. The number of alkyl carbamates (subject to hydrolysis) is 2. The average Bonchev–Trinajstić information content (AvgIpc) is 3.99. The minimum absolute atomic E-state index is 0.0228. The van der Waals surface area contributed by atoms with Crippen molar-refractivity contribution >= 4 is 29.8 Å². The summed E-state index contributed by atoms with van der Waals surface area (Å²) >= 11 is 0. The number of ether oxygens (including phenoxy) is 6. The Balaban J connectivity index is 1.93. The van der Waals surface area contributed by atoms with Gasteiger partial charge in [-0.3, -0.25) is 0 Å². The lowest BCUT2D eigenvalue weighted by Crippen LogP contribution is -2.47. The molecule has 2 aliphatic rings. The van der Waals surface area contributed by atoms with Gasteiger partial charge in [-0.05, 0) is 33.6 Å². The number of carbonyl (C=O) groups is 2. The van der Waals surface area contributed by atoms with E-state index >= 15 is 0 Å². The van der Waals surface area contributed by atoms with E-state index in [9.17, 15) is 9.59 Å². The van der Waals surface area contributed by atoms with Crippen LogP contribution in [0.1, 0.15) is 33.6 Å². The summed E-state index contributed by atoms with van der Waals surface area (Å²) in [5.74, 6) is 0. The molecule has 2 heterocycles. The number of nitrogens with one attached hydrogen (secondary N) is 2. The highest BCUT2D eigenvalue weighted by Crippen LogP contribution is 2.24. The van der Waals surface area contributed by atoms with Gasteiger partial charge < -0.3 is 65.6 Å². The van der Waals surface area contributed by atoms with Crippen LogP contribution in [-0.4, -0.2) is 149 Å². The molecule has 0 radical (unpaired) electrons. The highest BCUT2D eigenvalue weighted by Gasteiger charge is 2.40. The quantitative estimate of drug-likeness (QED) is 0.0658. The molecule has 2 fully saturated rings. The topological polar surface area (TPSA) is 176 Å². The van der Waals surface area contributed by atoms with E-state index in [-0.39, 0.29) is 38.6 Å². The molecule has 2 aliphatic heterocycles. The smallest absolute Gasteiger partial charge is 0.449 e. The lowest BCUT2D eigenvalue weighted by Gasteiger charge is -2.32. The van der Waals surface area contributed by atoms with Crippen LogP contribution in [0.15, 0.2) is 0 Å². The first-order valence-electron chi connectivity index (χ1n) is 16.0. The molecule has 2 saturated heterocycles.